The SMILES string of the molecule is N#CCC(Cc1c[nH]c2ccccc12)NC(=O)c1cc(-c2cccc(F)c2)ccc1OC(F)(F)F. The summed E-state index contributed by atoms with van der Waals surface area (Å²) >= 11 is 0. The maximum Gasteiger partial charge on any atom is 0.573 e. The second kappa shape index (κ2) is 9.89. The van der Waals surface area contributed by atoms with Crippen molar-refractivity contribution < 1.29 is 27.1 Å². The number of nitrogens with one attached hydrogen (secondary N) is 2. The number of hydrogen-bond acceptors (Lipinski definition) is 3. The fourth-order valence-corrected chi connectivity index (χ4v) is 3.88. The normalized spacial score (nSPS) is 12.2. The summed E-state index contributed by atoms with van der Waals surface area (Å²) in [5.74, 6) is -2.07. The Kier molecular flexibility index (Phi) is 6.73. The van der Waals surface area contributed by atoms with Crippen LogP contribution in [0, 0.1) is 17.1 Å². The van der Waals surface area contributed by atoms with E-state index in [9.17, 15) is 27.6 Å². The van der Waals surface area contributed by atoms with E-state index in [0.717, 1.165) is 22.5 Å². The number of ether oxygens (including phenoxy) is 1. The number of aromatic amines is 1. The lowest BCUT2D eigenvalue weighted by Crippen LogP contribution is -2.36. The molecular formula is C26H19F4N3O2. The lowest BCUT2D eigenvalue weighted by Gasteiger charge is -2.19. The average molecular weight is 481 g/mol. The summed E-state index contributed by atoms with van der Waals surface area (Å²) in [5.41, 5.74) is 2.06. The highest BCUT2D eigenvalue weighted by Gasteiger charge is 2.33. The molecule has 1 heterocycles. The van der Waals surface area contributed by atoms with Crippen molar-refractivity contribution in [1.29, 1.82) is 5.26 Å². The number of para-hydroxylation sites is 1. The molecule has 4 aromatic rings. The Morgan fingerprint density at radius 1 is 1.06 bits per heavy atom. The minimum atomic E-state index is -5.02. The minimum absolute atomic E-state index is 0.0652. The number of carbonyl (C=O) groups excluding carboxylic acids is 1. The van der Waals surface area contributed by atoms with Gasteiger partial charge in [-0.3, -0.25) is 4.79 Å². The van der Waals surface area contributed by atoms with Gasteiger partial charge >= 0.3 is 6.36 Å². The van der Waals surface area contributed by atoms with E-state index in [2.05, 4.69) is 15.0 Å². The molecule has 0 fully saturated rings. The van der Waals surface area contributed by atoms with E-state index >= 15 is 0 Å². The summed E-state index contributed by atoms with van der Waals surface area (Å²) in [6, 6.07) is 17.8. The van der Waals surface area contributed by atoms with Crippen LogP contribution in [0.1, 0.15) is 22.3 Å². The molecule has 0 spiro atoms. The number of amides is 1. The number of halogens is 4. The third kappa shape index (κ3) is 5.79. The Morgan fingerprint density at radius 2 is 1.83 bits per heavy atom. The fourth-order valence-electron chi connectivity index (χ4n) is 3.88. The lowest BCUT2D eigenvalue weighted by molar-refractivity contribution is -0.274. The molecule has 2 N–H and O–H groups in total. The standard InChI is InChI=1S/C26H19F4N3O2/c27-19-5-3-4-16(12-19)17-8-9-24(35-26(28,29)30)22(14-17)25(34)33-20(10-11-31)13-18-15-32-23-7-2-1-6-21(18)23/h1-9,12,14-15,20,32H,10,13H2,(H,33,34). The van der Waals surface area contributed by atoms with Crippen LogP contribution in [0.3, 0.4) is 0 Å². The molecule has 9 heteroatoms. The number of rotatable bonds is 7. The van der Waals surface area contributed by atoms with Crippen LogP contribution in [0.15, 0.2) is 72.9 Å². The highest BCUT2D eigenvalue weighted by atomic mass is 19.4. The third-order valence-corrected chi connectivity index (χ3v) is 5.42. The Morgan fingerprint density at radius 3 is 2.57 bits per heavy atom. The molecule has 0 aliphatic rings. The van der Waals surface area contributed by atoms with Crippen LogP contribution < -0.4 is 10.1 Å². The smallest absolute Gasteiger partial charge is 0.405 e. The molecule has 1 amide bonds. The molecule has 0 radical (unpaired) electrons. The van der Waals surface area contributed by atoms with Crippen LogP contribution in [-0.4, -0.2) is 23.3 Å². The van der Waals surface area contributed by atoms with Crippen molar-refractivity contribution >= 4 is 16.8 Å². The number of nitrogens with zero attached hydrogens (tertiary/aromatic N) is 1. The van der Waals surface area contributed by atoms with Crippen molar-refractivity contribution in [2.45, 2.75) is 25.2 Å². The van der Waals surface area contributed by atoms with Crippen molar-refractivity contribution in [1.82, 2.24) is 10.3 Å². The molecule has 5 nitrogen and oxygen atoms in total. The summed E-state index contributed by atoms with van der Waals surface area (Å²) in [6.07, 6.45) is -3.04. The van der Waals surface area contributed by atoms with Gasteiger partial charge in [0.05, 0.1) is 18.1 Å². The molecule has 0 aliphatic carbocycles. The summed E-state index contributed by atoms with van der Waals surface area (Å²) in [4.78, 5) is 16.2. The molecule has 1 unspecified atom stereocenters. The van der Waals surface area contributed by atoms with Gasteiger partial charge in [0.15, 0.2) is 0 Å². The van der Waals surface area contributed by atoms with E-state index in [1.54, 1.807) is 12.3 Å². The average Bonchev–Trinajstić information content (AvgIpc) is 3.21. The molecule has 1 atom stereocenters. The van der Waals surface area contributed by atoms with Gasteiger partial charge in [0, 0.05) is 23.1 Å². The largest absolute Gasteiger partial charge is 0.573 e. The van der Waals surface area contributed by atoms with Gasteiger partial charge in [-0.1, -0.05) is 36.4 Å². The van der Waals surface area contributed by atoms with Crippen LogP contribution in [0.2, 0.25) is 0 Å². The number of aromatic nitrogens is 1. The first kappa shape index (κ1) is 23.8. The first-order valence-electron chi connectivity index (χ1n) is 10.6. The van der Waals surface area contributed by atoms with E-state index in [1.807, 2.05) is 30.3 Å². The van der Waals surface area contributed by atoms with E-state index in [0.29, 0.717) is 11.1 Å². The van der Waals surface area contributed by atoms with Gasteiger partial charge in [-0.25, -0.2) is 4.39 Å². The van der Waals surface area contributed by atoms with Crippen molar-refractivity contribution in [2.24, 2.45) is 0 Å². The van der Waals surface area contributed by atoms with Gasteiger partial charge in [-0.15, -0.1) is 13.2 Å². The van der Waals surface area contributed by atoms with Gasteiger partial charge in [-0.2, -0.15) is 5.26 Å². The van der Waals surface area contributed by atoms with Gasteiger partial charge in [0.1, 0.15) is 11.6 Å². The van der Waals surface area contributed by atoms with Crippen LogP contribution in [0.4, 0.5) is 17.6 Å². The predicted octanol–water partition coefficient (Wildman–Crippen LogP) is 6.13. The zero-order valence-corrected chi connectivity index (χ0v) is 18.2. The van der Waals surface area contributed by atoms with Gasteiger partial charge in [0.25, 0.3) is 5.91 Å². The summed E-state index contributed by atoms with van der Waals surface area (Å²) in [5, 5.41) is 12.8. The Labute approximate surface area is 198 Å². The van der Waals surface area contributed by atoms with Crippen molar-refractivity contribution in [3.63, 3.8) is 0 Å². The van der Waals surface area contributed by atoms with Crippen molar-refractivity contribution in [2.75, 3.05) is 0 Å². The second-order valence-corrected chi connectivity index (χ2v) is 7.87. The maximum atomic E-state index is 13.7. The van der Waals surface area contributed by atoms with Crippen LogP contribution >= 0.6 is 0 Å². The molecular weight excluding hydrogens is 462 g/mol. The first-order valence-corrected chi connectivity index (χ1v) is 10.6. The lowest BCUT2D eigenvalue weighted by atomic mass is 10.00. The third-order valence-electron chi connectivity index (χ3n) is 5.42. The number of H-pyrrole nitrogens is 1. The maximum absolute atomic E-state index is 13.7. The zero-order chi connectivity index (χ0) is 25.0. The van der Waals surface area contributed by atoms with Crippen LogP contribution in [-0.2, 0) is 6.42 Å². The Bertz CT molecular complexity index is 1410. The first-order chi connectivity index (χ1) is 16.7. The second-order valence-electron chi connectivity index (χ2n) is 7.87. The Balaban J connectivity index is 1.65. The predicted molar refractivity (Wildman–Crippen MR) is 122 cm³/mol. The number of hydrogen-bond donors (Lipinski definition) is 2. The van der Waals surface area contributed by atoms with E-state index in [-0.39, 0.29) is 18.4 Å². The number of nitriles is 1. The zero-order valence-electron chi connectivity index (χ0n) is 18.2. The molecule has 0 saturated heterocycles. The summed E-state index contributed by atoms with van der Waals surface area (Å²) in [6.45, 7) is 0. The van der Waals surface area contributed by atoms with E-state index in [1.165, 1.54) is 30.3 Å². The topological polar surface area (TPSA) is 77.9 Å². The number of fused-ring (bicyclic) bond motifs is 1. The highest BCUT2D eigenvalue weighted by Crippen LogP contribution is 2.31. The van der Waals surface area contributed by atoms with Crippen molar-refractivity contribution in [3.05, 3.63) is 89.9 Å². The minimum Gasteiger partial charge on any atom is -0.405 e. The fraction of sp³-hybridized carbons (Fsp3) is 0.154. The molecule has 35 heavy (non-hydrogen) atoms. The van der Waals surface area contributed by atoms with Gasteiger partial charge in [-0.05, 0) is 53.4 Å². The summed E-state index contributed by atoms with van der Waals surface area (Å²) in [7, 11) is 0. The number of alkyl halides is 3. The van der Waals surface area contributed by atoms with Crippen molar-refractivity contribution in [3.8, 4) is 22.9 Å². The van der Waals surface area contributed by atoms with Crippen LogP contribution in [0.5, 0.6) is 5.75 Å². The quantitative estimate of drug-likeness (QED) is 0.312. The van der Waals surface area contributed by atoms with Gasteiger partial charge in [0.2, 0.25) is 0 Å². The molecule has 178 valence electrons. The number of benzene rings is 3. The molecule has 0 bridgehead atoms. The van der Waals surface area contributed by atoms with Crippen LogP contribution in [0.25, 0.3) is 22.0 Å². The molecule has 3 aromatic carbocycles. The number of carbonyl (C=O) groups is 1. The molecule has 0 saturated carbocycles. The summed E-state index contributed by atoms with van der Waals surface area (Å²) < 4.78 is 56.7. The van der Waals surface area contributed by atoms with E-state index < -0.39 is 29.9 Å². The molecule has 0 aliphatic heterocycles. The highest BCUT2D eigenvalue weighted by molar-refractivity contribution is 5.98. The van der Waals surface area contributed by atoms with Gasteiger partial charge < -0.3 is 15.0 Å². The molecule has 4 rings (SSSR count). The van der Waals surface area contributed by atoms with E-state index in [4.69, 9.17) is 0 Å². The monoisotopic (exact) mass is 481 g/mol. The Hall–Kier alpha value is -4.32. The molecule has 1 aromatic heterocycles.